The first kappa shape index (κ1) is 22.7. The number of nitrogens with one attached hydrogen (secondary N) is 1. The molecule has 1 aliphatic rings. The largest absolute Gasteiger partial charge is 0.396 e. The summed E-state index contributed by atoms with van der Waals surface area (Å²) >= 11 is 0. The van der Waals surface area contributed by atoms with Crippen LogP contribution in [0.2, 0.25) is 0 Å². The first-order chi connectivity index (χ1) is 15.0. The summed E-state index contributed by atoms with van der Waals surface area (Å²) < 4.78 is 1.60. The lowest BCUT2D eigenvalue weighted by molar-refractivity contribution is -0.132. The Hall–Kier alpha value is -2.93. The number of carbonyl (C=O) groups is 2. The minimum Gasteiger partial charge on any atom is -0.396 e. The Morgan fingerprint density at radius 2 is 1.97 bits per heavy atom. The molecular formula is C24H31N3O4. The predicted molar refractivity (Wildman–Crippen MR) is 119 cm³/mol. The highest BCUT2D eigenvalue weighted by Crippen LogP contribution is 2.22. The van der Waals surface area contributed by atoms with Crippen LogP contribution >= 0.6 is 0 Å². The third kappa shape index (κ3) is 5.61. The van der Waals surface area contributed by atoms with Crippen LogP contribution in [0.3, 0.4) is 0 Å². The van der Waals surface area contributed by atoms with Crippen LogP contribution in [0.25, 0.3) is 0 Å². The number of pyridine rings is 1. The molecule has 3 rings (SSSR count). The summed E-state index contributed by atoms with van der Waals surface area (Å²) in [5.74, 6) is -0.304. The SMILES string of the molecule is CCCC(=O)N1CCc2c(cn(CCc3ccccc3)c(=O)c2C(=O)NCCCO)C1. The van der Waals surface area contributed by atoms with E-state index >= 15 is 0 Å². The van der Waals surface area contributed by atoms with Gasteiger partial charge in [0.05, 0.1) is 0 Å². The fraction of sp³-hybridized carbons (Fsp3) is 0.458. The average molecular weight is 426 g/mol. The lowest BCUT2D eigenvalue weighted by atomic mass is 9.95. The predicted octanol–water partition coefficient (Wildman–Crippen LogP) is 1.89. The topological polar surface area (TPSA) is 91.6 Å². The highest BCUT2D eigenvalue weighted by molar-refractivity contribution is 5.95. The molecule has 0 atom stereocenters. The second-order valence-electron chi connectivity index (χ2n) is 7.89. The van der Waals surface area contributed by atoms with Gasteiger partial charge in [0.15, 0.2) is 0 Å². The van der Waals surface area contributed by atoms with E-state index in [1.165, 1.54) is 0 Å². The molecule has 2 heterocycles. The van der Waals surface area contributed by atoms with Crippen molar-refractivity contribution in [2.24, 2.45) is 0 Å². The molecule has 2 aromatic rings. The fourth-order valence-electron chi connectivity index (χ4n) is 3.96. The van der Waals surface area contributed by atoms with Gasteiger partial charge in [0.1, 0.15) is 5.56 Å². The molecule has 0 unspecified atom stereocenters. The van der Waals surface area contributed by atoms with Gasteiger partial charge in [0, 0.05) is 45.4 Å². The maximum Gasteiger partial charge on any atom is 0.263 e. The average Bonchev–Trinajstić information content (AvgIpc) is 2.78. The van der Waals surface area contributed by atoms with E-state index in [-0.39, 0.29) is 23.6 Å². The van der Waals surface area contributed by atoms with Crippen LogP contribution in [-0.4, -0.2) is 46.1 Å². The van der Waals surface area contributed by atoms with Gasteiger partial charge in [0.25, 0.3) is 11.5 Å². The number of aryl methyl sites for hydroxylation is 2. The lowest BCUT2D eigenvalue weighted by Crippen LogP contribution is -2.41. The number of aliphatic hydroxyl groups excluding tert-OH is 1. The quantitative estimate of drug-likeness (QED) is 0.600. The molecule has 1 aliphatic heterocycles. The standard InChI is InChI=1S/C24H31N3O4/c1-2-7-21(29)26-14-11-20-19(16-26)17-27(13-10-18-8-4-3-5-9-18)24(31)22(20)23(30)25-12-6-15-28/h3-5,8-9,17,28H,2,6-7,10-16H2,1H3,(H,25,30). The highest BCUT2D eigenvalue weighted by atomic mass is 16.3. The second kappa shape index (κ2) is 10.9. The summed E-state index contributed by atoms with van der Waals surface area (Å²) in [7, 11) is 0. The van der Waals surface area contributed by atoms with Crippen molar-refractivity contribution < 1.29 is 14.7 Å². The summed E-state index contributed by atoms with van der Waals surface area (Å²) in [6, 6.07) is 9.89. The first-order valence-corrected chi connectivity index (χ1v) is 11.0. The van der Waals surface area contributed by atoms with Gasteiger partial charge in [-0.1, -0.05) is 37.3 Å². The number of aromatic nitrogens is 1. The van der Waals surface area contributed by atoms with Crippen molar-refractivity contribution in [1.29, 1.82) is 0 Å². The van der Waals surface area contributed by atoms with Crippen molar-refractivity contribution in [3.63, 3.8) is 0 Å². The Balaban J connectivity index is 1.92. The summed E-state index contributed by atoms with van der Waals surface area (Å²) in [6.07, 6.45) is 4.69. The number of hydrogen-bond donors (Lipinski definition) is 2. The zero-order chi connectivity index (χ0) is 22.2. The van der Waals surface area contributed by atoms with Gasteiger partial charge in [0.2, 0.25) is 5.91 Å². The van der Waals surface area contributed by atoms with E-state index in [9.17, 15) is 14.4 Å². The number of fused-ring (bicyclic) bond motifs is 1. The van der Waals surface area contributed by atoms with Crippen LogP contribution in [0.1, 0.15) is 53.2 Å². The Labute approximate surface area is 182 Å². The van der Waals surface area contributed by atoms with Gasteiger partial charge in [-0.3, -0.25) is 14.4 Å². The Morgan fingerprint density at radius 1 is 1.19 bits per heavy atom. The lowest BCUT2D eigenvalue weighted by Gasteiger charge is -2.30. The molecule has 0 spiro atoms. The molecule has 2 amide bonds. The second-order valence-corrected chi connectivity index (χ2v) is 7.89. The van der Waals surface area contributed by atoms with Crippen molar-refractivity contribution in [3.8, 4) is 0 Å². The summed E-state index contributed by atoms with van der Waals surface area (Å²) in [5.41, 5.74) is 2.58. The number of nitrogens with zero attached hydrogens (tertiary/aromatic N) is 2. The van der Waals surface area contributed by atoms with Crippen LogP contribution < -0.4 is 10.9 Å². The van der Waals surface area contributed by atoms with Crippen molar-refractivity contribution >= 4 is 11.8 Å². The molecule has 0 saturated heterocycles. The van der Waals surface area contributed by atoms with Crippen molar-refractivity contribution in [2.45, 2.75) is 52.1 Å². The zero-order valence-electron chi connectivity index (χ0n) is 18.1. The molecule has 31 heavy (non-hydrogen) atoms. The number of aliphatic hydroxyl groups is 1. The molecule has 0 aliphatic carbocycles. The molecule has 1 aromatic heterocycles. The van der Waals surface area contributed by atoms with Crippen LogP contribution in [-0.2, 0) is 30.7 Å². The summed E-state index contributed by atoms with van der Waals surface area (Å²) in [4.78, 5) is 40.3. The highest BCUT2D eigenvalue weighted by Gasteiger charge is 2.27. The van der Waals surface area contributed by atoms with Crippen LogP contribution in [0.5, 0.6) is 0 Å². The Kier molecular flexibility index (Phi) is 8.00. The molecule has 0 saturated carbocycles. The molecule has 2 N–H and O–H groups in total. The van der Waals surface area contributed by atoms with E-state index < -0.39 is 5.91 Å². The van der Waals surface area contributed by atoms with Gasteiger partial charge in [-0.25, -0.2) is 0 Å². The zero-order valence-corrected chi connectivity index (χ0v) is 18.1. The number of amides is 2. The minimum absolute atomic E-state index is 0.0248. The van der Waals surface area contributed by atoms with Crippen LogP contribution in [0, 0.1) is 0 Å². The van der Waals surface area contributed by atoms with E-state index in [2.05, 4.69) is 5.32 Å². The van der Waals surface area contributed by atoms with Crippen molar-refractivity contribution in [2.75, 3.05) is 19.7 Å². The fourth-order valence-corrected chi connectivity index (χ4v) is 3.96. The monoisotopic (exact) mass is 425 g/mol. The van der Waals surface area contributed by atoms with E-state index in [4.69, 9.17) is 5.11 Å². The number of benzene rings is 1. The van der Waals surface area contributed by atoms with Crippen LogP contribution in [0.4, 0.5) is 0 Å². The smallest absolute Gasteiger partial charge is 0.263 e. The number of carbonyl (C=O) groups excluding carboxylic acids is 2. The normalized spacial score (nSPS) is 13.0. The first-order valence-electron chi connectivity index (χ1n) is 11.0. The molecular weight excluding hydrogens is 394 g/mol. The Bertz CT molecular complexity index is 969. The summed E-state index contributed by atoms with van der Waals surface area (Å²) in [6.45, 7) is 3.64. The number of rotatable bonds is 9. The van der Waals surface area contributed by atoms with Gasteiger partial charge in [-0.2, -0.15) is 0 Å². The van der Waals surface area contributed by atoms with Crippen LogP contribution in [0.15, 0.2) is 41.3 Å². The van der Waals surface area contributed by atoms with Gasteiger partial charge in [-0.05, 0) is 42.4 Å². The van der Waals surface area contributed by atoms with Gasteiger partial charge >= 0.3 is 0 Å². The van der Waals surface area contributed by atoms with Crippen molar-refractivity contribution in [3.05, 3.63) is 69.1 Å². The summed E-state index contributed by atoms with van der Waals surface area (Å²) in [5, 5.41) is 11.7. The third-order valence-electron chi connectivity index (χ3n) is 5.62. The third-order valence-corrected chi connectivity index (χ3v) is 5.62. The molecule has 1 aromatic carbocycles. The molecule has 7 nitrogen and oxygen atoms in total. The van der Waals surface area contributed by atoms with Crippen molar-refractivity contribution in [1.82, 2.24) is 14.8 Å². The molecule has 0 radical (unpaired) electrons. The van der Waals surface area contributed by atoms with E-state index in [1.54, 1.807) is 4.57 Å². The van der Waals surface area contributed by atoms with E-state index in [0.29, 0.717) is 51.9 Å². The van der Waals surface area contributed by atoms with Gasteiger partial charge < -0.3 is 19.9 Å². The molecule has 0 fully saturated rings. The van der Waals surface area contributed by atoms with E-state index in [0.717, 1.165) is 23.1 Å². The minimum atomic E-state index is -0.405. The molecule has 7 heteroatoms. The number of hydrogen-bond acceptors (Lipinski definition) is 4. The maximum atomic E-state index is 13.2. The maximum absolute atomic E-state index is 13.2. The molecule has 0 bridgehead atoms. The van der Waals surface area contributed by atoms with E-state index in [1.807, 2.05) is 48.4 Å². The van der Waals surface area contributed by atoms with Gasteiger partial charge in [-0.15, -0.1) is 0 Å². The Morgan fingerprint density at radius 3 is 2.68 bits per heavy atom. The molecule has 166 valence electrons.